The molecule has 1 fully saturated rings. The van der Waals surface area contributed by atoms with E-state index in [1.165, 1.54) is 26.2 Å². The minimum atomic E-state index is -3.64. The number of carbonyl (C=O) groups is 1. The fraction of sp³-hybridized carbons (Fsp3) is 0.588. The largest absolute Gasteiger partial charge is 0.495 e. The highest BCUT2D eigenvalue weighted by Gasteiger charge is 2.31. The maximum Gasteiger partial charge on any atom is 0.240 e. The second-order valence-electron chi connectivity index (χ2n) is 6.54. The molecule has 24 heavy (non-hydrogen) atoms. The first-order valence-electron chi connectivity index (χ1n) is 8.22. The summed E-state index contributed by atoms with van der Waals surface area (Å²) in [5, 5.41) is 2.62. The van der Waals surface area contributed by atoms with Crippen LogP contribution in [0.15, 0.2) is 23.1 Å². The van der Waals surface area contributed by atoms with Gasteiger partial charge in [-0.15, -0.1) is 0 Å². The van der Waals surface area contributed by atoms with Gasteiger partial charge in [0, 0.05) is 19.0 Å². The lowest BCUT2D eigenvalue weighted by atomic mass is 9.78. The first kappa shape index (κ1) is 18.7. The van der Waals surface area contributed by atoms with Crippen molar-refractivity contribution in [1.29, 1.82) is 0 Å². The number of rotatable bonds is 5. The molecule has 0 bridgehead atoms. The Hall–Kier alpha value is -1.60. The lowest BCUT2D eigenvalue weighted by molar-refractivity contribution is -0.114. The standard InChI is InChI=1S/C17H26N2O4S/c1-11-6-5-7-15(12(11)2)19-24(21,22)14-8-9-16(18-13(3)20)17(10-14)23-4/h8-12,15,19H,5-7H2,1-4H3,(H,18,20)/t11-,12+,15+/m0/s1. The zero-order chi connectivity index (χ0) is 17.9. The van der Waals surface area contributed by atoms with Gasteiger partial charge in [0.05, 0.1) is 17.7 Å². The maximum absolute atomic E-state index is 12.7. The molecule has 2 N–H and O–H groups in total. The van der Waals surface area contributed by atoms with Crippen LogP contribution in [-0.4, -0.2) is 27.5 Å². The highest BCUT2D eigenvalue weighted by atomic mass is 32.2. The SMILES string of the molecule is COc1cc(S(=O)(=O)N[C@@H]2CCC[C@H](C)[C@H]2C)ccc1NC(C)=O. The van der Waals surface area contributed by atoms with E-state index in [4.69, 9.17) is 4.74 Å². The average molecular weight is 354 g/mol. The van der Waals surface area contributed by atoms with Crippen LogP contribution in [0.25, 0.3) is 0 Å². The van der Waals surface area contributed by atoms with Gasteiger partial charge in [0.1, 0.15) is 5.75 Å². The minimum absolute atomic E-state index is 0.0558. The molecule has 0 aromatic heterocycles. The van der Waals surface area contributed by atoms with Crippen molar-refractivity contribution in [3.8, 4) is 5.75 Å². The molecule has 1 aliphatic rings. The molecule has 1 aromatic rings. The molecular weight excluding hydrogens is 328 g/mol. The molecule has 2 rings (SSSR count). The van der Waals surface area contributed by atoms with Gasteiger partial charge in [-0.1, -0.05) is 26.7 Å². The van der Waals surface area contributed by atoms with Crippen molar-refractivity contribution in [2.45, 2.75) is 51.0 Å². The van der Waals surface area contributed by atoms with Crippen LogP contribution in [0.2, 0.25) is 0 Å². The maximum atomic E-state index is 12.7. The van der Waals surface area contributed by atoms with Crippen LogP contribution in [0.5, 0.6) is 5.75 Å². The van der Waals surface area contributed by atoms with Gasteiger partial charge in [0.15, 0.2) is 0 Å². The van der Waals surface area contributed by atoms with E-state index in [0.717, 1.165) is 19.3 Å². The van der Waals surface area contributed by atoms with Crippen LogP contribution >= 0.6 is 0 Å². The van der Waals surface area contributed by atoms with Gasteiger partial charge in [-0.2, -0.15) is 0 Å². The molecule has 1 amide bonds. The van der Waals surface area contributed by atoms with Gasteiger partial charge in [-0.25, -0.2) is 13.1 Å². The fourth-order valence-electron chi connectivity index (χ4n) is 3.15. The molecule has 0 radical (unpaired) electrons. The Morgan fingerprint density at radius 3 is 2.58 bits per heavy atom. The van der Waals surface area contributed by atoms with Crippen molar-refractivity contribution in [1.82, 2.24) is 4.72 Å². The minimum Gasteiger partial charge on any atom is -0.495 e. The Morgan fingerprint density at radius 1 is 1.25 bits per heavy atom. The molecular formula is C17H26N2O4S. The number of hydrogen-bond donors (Lipinski definition) is 2. The first-order valence-corrected chi connectivity index (χ1v) is 9.71. The van der Waals surface area contributed by atoms with Crippen molar-refractivity contribution in [3.05, 3.63) is 18.2 Å². The molecule has 1 aromatic carbocycles. The Bertz CT molecular complexity index is 703. The summed E-state index contributed by atoms with van der Waals surface area (Å²) in [4.78, 5) is 11.3. The van der Waals surface area contributed by atoms with Crippen molar-refractivity contribution in [2.75, 3.05) is 12.4 Å². The number of nitrogens with one attached hydrogen (secondary N) is 2. The van der Waals surface area contributed by atoms with Gasteiger partial charge in [-0.05, 0) is 30.4 Å². The molecule has 134 valence electrons. The topological polar surface area (TPSA) is 84.5 Å². The molecule has 1 aliphatic carbocycles. The number of sulfonamides is 1. The zero-order valence-electron chi connectivity index (χ0n) is 14.6. The number of amides is 1. The second kappa shape index (κ2) is 7.53. The van der Waals surface area contributed by atoms with Crippen LogP contribution in [0.1, 0.15) is 40.0 Å². The lowest BCUT2D eigenvalue weighted by Gasteiger charge is -2.34. The molecule has 0 saturated heterocycles. The van der Waals surface area contributed by atoms with E-state index in [0.29, 0.717) is 23.3 Å². The van der Waals surface area contributed by atoms with Crippen LogP contribution in [0.4, 0.5) is 5.69 Å². The smallest absolute Gasteiger partial charge is 0.240 e. The Kier molecular flexibility index (Phi) is 5.87. The molecule has 3 atom stereocenters. The number of benzene rings is 1. The number of anilines is 1. The lowest BCUT2D eigenvalue weighted by Crippen LogP contribution is -2.43. The normalized spacial score (nSPS) is 24.4. The van der Waals surface area contributed by atoms with Gasteiger partial charge in [0.25, 0.3) is 0 Å². The van der Waals surface area contributed by atoms with E-state index in [1.54, 1.807) is 6.07 Å². The average Bonchev–Trinajstić information content (AvgIpc) is 2.51. The van der Waals surface area contributed by atoms with Crippen LogP contribution in [-0.2, 0) is 14.8 Å². The monoisotopic (exact) mass is 354 g/mol. The van der Waals surface area contributed by atoms with Crippen molar-refractivity contribution >= 4 is 21.6 Å². The molecule has 0 spiro atoms. The third-order valence-electron chi connectivity index (χ3n) is 4.81. The Morgan fingerprint density at radius 2 is 1.96 bits per heavy atom. The summed E-state index contributed by atoms with van der Waals surface area (Å²) in [7, 11) is -2.20. The summed E-state index contributed by atoms with van der Waals surface area (Å²) < 4.78 is 33.4. The van der Waals surface area contributed by atoms with Crippen molar-refractivity contribution in [2.24, 2.45) is 11.8 Å². The molecule has 0 aliphatic heterocycles. The number of ether oxygens (including phenoxy) is 1. The third kappa shape index (κ3) is 4.27. The quantitative estimate of drug-likeness (QED) is 0.851. The summed E-state index contributed by atoms with van der Waals surface area (Å²) in [5.41, 5.74) is 0.448. The fourth-order valence-corrected chi connectivity index (χ4v) is 4.52. The van der Waals surface area contributed by atoms with Gasteiger partial charge >= 0.3 is 0 Å². The zero-order valence-corrected chi connectivity index (χ0v) is 15.4. The predicted octanol–water partition coefficient (Wildman–Crippen LogP) is 2.76. The van der Waals surface area contributed by atoms with E-state index >= 15 is 0 Å². The van der Waals surface area contributed by atoms with E-state index in [2.05, 4.69) is 23.9 Å². The van der Waals surface area contributed by atoms with Crippen molar-refractivity contribution in [3.63, 3.8) is 0 Å². The third-order valence-corrected chi connectivity index (χ3v) is 6.29. The van der Waals surface area contributed by atoms with Crippen molar-refractivity contribution < 1.29 is 17.9 Å². The molecule has 0 heterocycles. The van der Waals surface area contributed by atoms with E-state index in [1.807, 2.05) is 0 Å². The summed E-state index contributed by atoms with van der Waals surface area (Å²) in [6, 6.07) is 4.40. The summed E-state index contributed by atoms with van der Waals surface area (Å²) in [6.45, 7) is 5.64. The number of methoxy groups -OCH3 is 1. The Balaban J connectivity index is 2.24. The molecule has 7 heteroatoms. The van der Waals surface area contributed by atoms with E-state index in [-0.39, 0.29) is 16.8 Å². The summed E-state index contributed by atoms with van der Waals surface area (Å²) in [5.74, 6) is 0.877. The van der Waals surface area contributed by atoms with Gasteiger partial charge < -0.3 is 10.1 Å². The predicted molar refractivity (Wildman–Crippen MR) is 93.6 cm³/mol. The first-order chi connectivity index (χ1) is 11.2. The summed E-state index contributed by atoms with van der Waals surface area (Å²) in [6.07, 6.45) is 3.02. The highest BCUT2D eigenvalue weighted by molar-refractivity contribution is 7.89. The molecule has 6 nitrogen and oxygen atoms in total. The van der Waals surface area contributed by atoms with Crippen LogP contribution in [0.3, 0.4) is 0 Å². The van der Waals surface area contributed by atoms with E-state index < -0.39 is 10.0 Å². The number of hydrogen-bond acceptors (Lipinski definition) is 4. The van der Waals surface area contributed by atoms with Crippen LogP contribution < -0.4 is 14.8 Å². The number of carbonyl (C=O) groups excluding carboxylic acids is 1. The van der Waals surface area contributed by atoms with Crippen LogP contribution in [0, 0.1) is 11.8 Å². The Labute approximate surface area is 144 Å². The molecule has 0 unspecified atom stereocenters. The van der Waals surface area contributed by atoms with Gasteiger partial charge in [-0.3, -0.25) is 4.79 Å². The second-order valence-corrected chi connectivity index (χ2v) is 8.25. The van der Waals surface area contributed by atoms with Gasteiger partial charge in [0.2, 0.25) is 15.9 Å². The molecule has 1 saturated carbocycles. The highest BCUT2D eigenvalue weighted by Crippen LogP contribution is 2.32. The summed E-state index contributed by atoms with van der Waals surface area (Å²) >= 11 is 0. The van der Waals surface area contributed by atoms with E-state index in [9.17, 15) is 13.2 Å².